The van der Waals surface area contributed by atoms with Gasteiger partial charge in [-0.2, -0.15) is 0 Å². The van der Waals surface area contributed by atoms with Crippen LogP contribution in [0.1, 0.15) is 16.1 Å². The van der Waals surface area contributed by atoms with Crippen LogP contribution in [0.2, 0.25) is 0 Å². The molecular formula is C15H13N3O6S. The maximum Gasteiger partial charge on any atom is 0.417 e. The lowest BCUT2D eigenvalue weighted by Gasteiger charge is -2.07. The van der Waals surface area contributed by atoms with E-state index in [1.807, 2.05) is 0 Å². The lowest BCUT2D eigenvalue weighted by Crippen LogP contribution is -2.23. The number of aromatic amines is 1. The highest BCUT2D eigenvalue weighted by Gasteiger charge is 2.16. The van der Waals surface area contributed by atoms with Crippen molar-refractivity contribution >= 4 is 27.1 Å². The molecule has 0 atom stereocenters. The van der Waals surface area contributed by atoms with Crippen LogP contribution in [0, 0.1) is 0 Å². The van der Waals surface area contributed by atoms with Crippen molar-refractivity contribution in [3.8, 4) is 0 Å². The summed E-state index contributed by atoms with van der Waals surface area (Å²) in [5.41, 5.74) is 1.25. The van der Waals surface area contributed by atoms with Gasteiger partial charge in [-0.15, -0.1) is 0 Å². The number of oxazole rings is 1. The molecule has 9 nitrogen and oxygen atoms in total. The monoisotopic (exact) mass is 363 g/mol. The van der Waals surface area contributed by atoms with Crippen molar-refractivity contribution < 1.29 is 22.4 Å². The highest BCUT2D eigenvalue weighted by atomic mass is 32.2. The molecule has 0 saturated carbocycles. The molecule has 0 amide bonds. The Bertz CT molecular complexity index is 1080. The molecule has 2 N–H and O–H groups in total. The van der Waals surface area contributed by atoms with Gasteiger partial charge < -0.3 is 9.15 Å². The molecule has 0 aliphatic carbocycles. The number of fused-ring (bicyclic) bond motifs is 1. The zero-order chi connectivity index (χ0) is 18.0. The fraction of sp³-hybridized carbons (Fsp3) is 0.133. The lowest BCUT2D eigenvalue weighted by atomic mass is 10.2. The Balaban J connectivity index is 1.76. The fourth-order valence-corrected chi connectivity index (χ4v) is 3.14. The molecule has 0 unspecified atom stereocenters. The number of benzene rings is 1. The second-order valence-corrected chi connectivity index (χ2v) is 6.81. The third-order valence-electron chi connectivity index (χ3n) is 3.39. The van der Waals surface area contributed by atoms with Gasteiger partial charge in [0.1, 0.15) is 5.69 Å². The summed E-state index contributed by atoms with van der Waals surface area (Å²) in [4.78, 5) is 28.7. The molecule has 0 aliphatic heterocycles. The molecule has 3 rings (SSSR count). The highest BCUT2D eigenvalue weighted by molar-refractivity contribution is 7.89. The molecule has 25 heavy (non-hydrogen) atoms. The van der Waals surface area contributed by atoms with Gasteiger partial charge in [-0.1, -0.05) is 6.07 Å². The first-order valence-corrected chi connectivity index (χ1v) is 8.53. The van der Waals surface area contributed by atoms with E-state index in [1.54, 1.807) is 6.07 Å². The maximum atomic E-state index is 12.3. The third kappa shape index (κ3) is 3.59. The maximum absolute atomic E-state index is 12.3. The van der Waals surface area contributed by atoms with Gasteiger partial charge in [-0.25, -0.2) is 27.7 Å². The Kier molecular flexibility index (Phi) is 4.38. The molecule has 0 spiro atoms. The molecule has 130 valence electrons. The molecule has 10 heteroatoms. The second kappa shape index (κ2) is 6.49. The number of aromatic nitrogens is 2. The van der Waals surface area contributed by atoms with Crippen LogP contribution >= 0.6 is 0 Å². The Morgan fingerprint density at radius 3 is 2.80 bits per heavy atom. The topological polar surface area (TPSA) is 131 Å². The van der Waals surface area contributed by atoms with E-state index < -0.39 is 21.7 Å². The van der Waals surface area contributed by atoms with Crippen LogP contribution in [-0.4, -0.2) is 31.5 Å². The number of methoxy groups -OCH3 is 1. The van der Waals surface area contributed by atoms with Gasteiger partial charge in [0.2, 0.25) is 10.0 Å². The van der Waals surface area contributed by atoms with E-state index in [0.717, 1.165) is 0 Å². The molecule has 0 aliphatic rings. The Morgan fingerprint density at radius 2 is 2.12 bits per heavy atom. The Morgan fingerprint density at radius 1 is 1.32 bits per heavy atom. The normalized spacial score (nSPS) is 11.6. The standard InChI is InChI=1S/C15H13N3O6S/c1-23-14(19)12-4-2-9(7-16-12)8-17-25(21,22)10-3-5-11-13(6-10)24-15(20)18-11/h2-7,17H,8H2,1H3,(H,18,20). The zero-order valence-corrected chi connectivity index (χ0v) is 13.8. The van der Waals surface area contributed by atoms with Crippen LogP contribution in [0.3, 0.4) is 0 Å². The van der Waals surface area contributed by atoms with E-state index in [2.05, 4.69) is 19.4 Å². The van der Waals surface area contributed by atoms with Crippen LogP contribution in [0.5, 0.6) is 0 Å². The molecule has 1 aromatic carbocycles. The first-order chi connectivity index (χ1) is 11.9. The van der Waals surface area contributed by atoms with Gasteiger partial charge in [0.15, 0.2) is 5.58 Å². The molecule has 0 bridgehead atoms. The largest absolute Gasteiger partial charge is 0.464 e. The molecule has 0 saturated heterocycles. The van der Waals surface area contributed by atoms with E-state index in [9.17, 15) is 18.0 Å². The lowest BCUT2D eigenvalue weighted by molar-refractivity contribution is 0.0594. The molecule has 0 fully saturated rings. The number of esters is 1. The minimum Gasteiger partial charge on any atom is -0.464 e. The van der Waals surface area contributed by atoms with Crippen LogP contribution in [-0.2, 0) is 21.3 Å². The average Bonchev–Trinajstić information content (AvgIpc) is 2.99. The van der Waals surface area contributed by atoms with Gasteiger partial charge in [0.25, 0.3) is 0 Å². The number of ether oxygens (including phenoxy) is 1. The summed E-state index contributed by atoms with van der Waals surface area (Å²) in [6, 6.07) is 7.07. The number of rotatable bonds is 5. The number of H-pyrrole nitrogens is 1. The summed E-state index contributed by atoms with van der Waals surface area (Å²) in [6.07, 6.45) is 1.38. The number of nitrogens with zero attached hydrogens (tertiary/aromatic N) is 1. The van der Waals surface area contributed by atoms with E-state index in [-0.39, 0.29) is 22.7 Å². The number of carbonyl (C=O) groups is 1. The van der Waals surface area contributed by atoms with E-state index in [0.29, 0.717) is 11.1 Å². The summed E-state index contributed by atoms with van der Waals surface area (Å²) < 4.78 is 36.5. The predicted molar refractivity (Wildman–Crippen MR) is 86.4 cm³/mol. The summed E-state index contributed by atoms with van der Waals surface area (Å²) in [5.74, 6) is -1.23. The summed E-state index contributed by atoms with van der Waals surface area (Å²) in [7, 11) is -2.57. The smallest absolute Gasteiger partial charge is 0.417 e. The number of sulfonamides is 1. The van der Waals surface area contributed by atoms with Crippen molar-refractivity contribution in [2.45, 2.75) is 11.4 Å². The minimum atomic E-state index is -3.82. The number of hydrogen-bond acceptors (Lipinski definition) is 7. The second-order valence-electron chi connectivity index (χ2n) is 5.04. The van der Waals surface area contributed by atoms with Crippen LogP contribution < -0.4 is 10.5 Å². The van der Waals surface area contributed by atoms with Crippen molar-refractivity contribution in [1.82, 2.24) is 14.7 Å². The molecule has 0 radical (unpaired) electrons. The fourth-order valence-electron chi connectivity index (χ4n) is 2.11. The van der Waals surface area contributed by atoms with E-state index in [1.165, 1.54) is 37.6 Å². The molecular weight excluding hydrogens is 350 g/mol. The number of nitrogens with one attached hydrogen (secondary N) is 2. The van der Waals surface area contributed by atoms with Crippen molar-refractivity contribution in [2.75, 3.05) is 7.11 Å². The average molecular weight is 363 g/mol. The summed E-state index contributed by atoms with van der Waals surface area (Å²) >= 11 is 0. The van der Waals surface area contributed by atoms with Gasteiger partial charge >= 0.3 is 11.7 Å². The van der Waals surface area contributed by atoms with Gasteiger partial charge in [-0.3, -0.25) is 4.98 Å². The quantitative estimate of drug-likeness (QED) is 0.640. The van der Waals surface area contributed by atoms with Crippen molar-refractivity contribution in [3.05, 3.63) is 58.3 Å². The van der Waals surface area contributed by atoms with Crippen LogP contribution in [0.25, 0.3) is 11.1 Å². The Hall–Kier alpha value is -2.98. The van der Waals surface area contributed by atoms with Gasteiger partial charge in [0, 0.05) is 18.8 Å². The van der Waals surface area contributed by atoms with Crippen LogP contribution in [0.4, 0.5) is 0 Å². The van der Waals surface area contributed by atoms with Crippen molar-refractivity contribution in [3.63, 3.8) is 0 Å². The molecule has 2 aromatic heterocycles. The van der Waals surface area contributed by atoms with E-state index in [4.69, 9.17) is 4.42 Å². The van der Waals surface area contributed by atoms with Gasteiger partial charge in [-0.05, 0) is 23.8 Å². The first kappa shape index (κ1) is 16.9. The molecule has 2 heterocycles. The minimum absolute atomic E-state index is 0.0219. The predicted octanol–water partition coefficient (Wildman–Crippen LogP) is 0.781. The molecule has 3 aromatic rings. The zero-order valence-electron chi connectivity index (χ0n) is 13.0. The Labute approximate surface area is 141 Å². The summed E-state index contributed by atoms with van der Waals surface area (Å²) in [5, 5.41) is 0. The highest BCUT2D eigenvalue weighted by Crippen LogP contribution is 2.16. The first-order valence-electron chi connectivity index (χ1n) is 7.05. The SMILES string of the molecule is COC(=O)c1ccc(CNS(=O)(=O)c2ccc3[nH]c(=O)oc3c2)cn1. The van der Waals surface area contributed by atoms with E-state index >= 15 is 0 Å². The van der Waals surface area contributed by atoms with Crippen molar-refractivity contribution in [1.29, 1.82) is 0 Å². The number of hydrogen-bond donors (Lipinski definition) is 2. The number of pyridine rings is 1. The van der Waals surface area contributed by atoms with Crippen LogP contribution in [0.15, 0.2) is 50.6 Å². The third-order valence-corrected chi connectivity index (χ3v) is 4.79. The summed E-state index contributed by atoms with van der Waals surface area (Å²) in [6.45, 7) is -0.0219. The van der Waals surface area contributed by atoms with Gasteiger partial charge in [0.05, 0.1) is 17.5 Å². The number of carbonyl (C=O) groups excluding carboxylic acids is 1. The van der Waals surface area contributed by atoms with Crippen molar-refractivity contribution in [2.24, 2.45) is 0 Å².